The van der Waals surface area contributed by atoms with E-state index < -0.39 is 0 Å². The van der Waals surface area contributed by atoms with Crippen molar-refractivity contribution in [3.63, 3.8) is 0 Å². The average molecular weight is 291 g/mol. The van der Waals surface area contributed by atoms with Crippen LogP contribution in [0.15, 0.2) is 34.4 Å². The van der Waals surface area contributed by atoms with Gasteiger partial charge in [0.25, 0.3) is 0 Å². The molecule has 0 aliphatic carbocycles. The molecule has 2 aromatic heterocycles. The van der Waals surface area contributed by atoms with Gasteiger partial charge in [-0.2, -0.15) is 4.98 Å². The molecular weight excluding hydrogens is 280 g/mol. The van der Waals surface area contributed by atoms with Gasteiger partial charge in [-0.3, -0.25) is 0 Å². The molecule has 0 aliphatic heterocycles. The van der Waals surface area contributed by atoms with Crippen LogP contribution in [0, 0.1) is 13.8 Å². The summed E-state index contributed by atoms with van der Waals surface area (Å²) in [6.45, 7) is 4.19. The SMILES string of the molecule is Cc1ccc(Sc2nc(Cl)nc3nc[nH]c23)cc1C. The summed E-state index contributed by atoms with van der Waals surface area (Å²) in [6.07, 6.45) is 1.60. The Balaban J connectivity index is 2.04. The third-order valence-corrected chi connectivity index (χ3v) is 4.07. The number of aromatic amines is 1. The summed E-state index contributed by atoms with van der Waals surface area (Å²) >= 11 is 7.47. The number of hydrogen-bond acceptors (Lipinski definition) is 4. The second-order valence-corrected chi connectivity index (χ2v) is 5.65. The molecule has 4 nitrogen and oxygen atoms in total. The molecule has 0 spiro atoms. The molecule has 6 heteroatoms. The molecule has 0 saturated carbocycles. The largest absolute Gasteiger partial charge is 0.341 e. The summed E-state index contributed by atoms with van der Waals surface area (Å²) in [6, 6.07) is 6.31. The van der Waals surface area contributed by atoms with E-state index in [1.165, 1.54) is 11.1 Å². The first-order valence-electron chi connectivity index (χ1n) is 5.75. The van der Waals surface area contributed by atoms with Gasteiger partial charge < -0.3 is 4.98 Å². The molecule has 2 heterocycles. The van der Waals surface area contributed by atoms with Crippen LogP contribution in [0.5, 0.6) is 0 Å². The van der Waals surface area contributed by atoms with Crippen molar-refractivity contribution in [1.29, 1.82) is 0 Å². The minimum Gasteiger partial charge on any atom is -0.341 e. The van der Waals surface area contributed by atoms with Crippen LogP contribution in [0.3, 0.4) is 0 Å². The lowest BCUT2D eigenvalue weighted by Crippen LogP contribution is -1.89. The minimum atomic E-state index is 0.214. The van der Waals surface area contributed by atoms with Crippen molar-refractivity contribution in [2.24, 2.45) is 0 Å². The summed E-state index contributed by atoms with van der Waals surface area (Å²) < 4.78 is 0. The fourth-order valence-electron chi connectivity index (χ4n) is 1.74. The molecule has 0 aliphatic rings. The Kier molecular flexibility index (Phi) is 3.16. The molecule has 0 radical (unpaired) electrons. The quantitative estimate of drug-likeness (QED) is 0.576. The zero-order valence-corrected chi connectivity index (χ0v) is 12.0. The Hall–Kier alpha value is -1.59. The molecule has 0 fully saturated rings. The Morgan fingerprint density at radius 3 is 2.79 bits per heavy atom. The lowest BCUT2D eigenvalue weighted by Gasteiger charge is -2.05. The lowest BCUT2D eigenvalue weighted by molar-refractivity contribution is 1.08. The highest BCUT2D eigenvalue weighted by molar-refractivity contribution is 7.99. The van der Waals surface area contributed by atoms with Gasteiger partial charge in [0.05, 0.1) is 6.33 Å². The van der Waals surface area contributed by atoms with E-state index in [1.807, 2.05) is 0 Å². The Morgan fingerprint density at radius 1 is 1.16 bits per heavy atom. The number of H-pyrrole nitrogens is 1. The number of fused-ring (bicyclic) bond motifs is 1. The van der Waals surface area contributed by atoms with Gasteiger partial charge in [0.2, 0.25) is 5.28 Å². The predicted octanol–water partition coefficient (Wildman–Crippen LogP) is 3.77. The maximum Gasteiger partial charge on any atom is 0.225 e. The third kappa shape index (κ3) is 2.43. The van der Waals surface area contributed by atoms with Crippen LogP contribution in [0.25, 0.3) is 11.2 Å². The van der Waals surface area contributed by atoms with Crippen molar-refractivity contribution in [1.82, 2.24) is 19.9 Å². The maximum absolute atomic E-state index is 5.91. The number of nitrogens with zero attached hydrogens (tertiary/aromatic N) is 3. The second kappa shape index (κ2) is 4.83. The predicted molar refractivity (Wildman–Crippen MR) is 76.7 cm³/mol. The van der Waals surface area contributed by atoms with Crippen LogP contribution in [0.1, 0.15) is 11.1 Å². The number of benzene rings is 1. The molecule has 1 aromatic carbocycles. The Labute approximate surface area is 119 Å². The molecule has 1 N–H and O–H groups in total. The molecular formula is C13H11ClN4S. The Bertz CT molecular complexity index is 753. The van der Waals surface area contributed by atoms with E-state index in [9.17, 15) is 0 Å². The average Bonchev–Trinajstić information content (AvgIpc) is 2.82. The first-order chi connectivity index (χ1) is 9.13. The van der Waals surface area contributed by atoms with Crippen LogP contribution < -0.4 is 0 Å². The van der Waals surface area contributed by atoms with E-state index in [-0.39, 0.29) is 5.28 Å². The van der Waals surface area contributed by atoms with Gasteiger partial charge in [0.15, 0.2) is 5.65 Å². The summed E-state index contributed by atoms with van der Waals surface area (Å²) in [5, 5.41) is 1.00. The van der Waals surface area contributed by atoms with Gasteiger partial charge in [-0.1, -0.05) is 17.8 Å². The molecule has 0 amide bonds. The monoisotopic (exact) mass is 290 g/mol. The fraction of sp³-hybridized carbons (Fsp3) is 0.154. The number of aromatic nitrogens is 4. The van der Waals surface area contributed by atoms with Crippen LogP contribution in [-0.2, 0) is 0 Å². The molecule has 96 valence electrons. The number of nitrogens with one attached hydrogen (secondary N) is 1. The van der Waals surface area contributed by atoms with Crippen LogP contribution in [0.4, 0.5) is 0 Å². The van der Waals surface area contributed by atoms with Crippen molar-refractivity contribution >= 4 is 34.5 Å². The number of rotatable bonds is 2. The van der Waals surface area contributed by atoms with E-state index in [0.29, 0.717) is 5.65 Å². The first kappa shape index (κ1) is 12.4. The zero-order chi connectivity index (χ0) is 13.4. The van der Waals surface area contributed by atoms with Gasteiger partial charge in [-0.15, -0.1) is 0 Å². The highest BCUT2D eigenvalue weighted by Crippen LogP contribution is 2.31. The van der Waals surface area contributed by atoms with Crippen LogP contribution >= 0.6 is 23.4 Å². The molecule has 19 heavy (non-hydrogen) atoms. The molecule has 3 rings (SSSR count). The lowest BCUT2D eigenvalue weighted by atomic mass is 10.1. The minimum absolute atomic E-state index is 0.214. The Morgan fingerprint density at radius 2 is 2.00 bits per heavy atom. The number of imidazole rings is 1. The van der Waals surface area contributed by atoms with Gasteiger partial charge in [0.1, 0.15) is 10.5 Å². The van der Waals surface area contributed by atoms with Crippen molar-refractivity contribution in [3.8, 4) is 0 Å². The summed E-state index contributed by atoms with van der Waals surface area (Å²) in [4.78, 5) is 16.6. The highest BCUT2D eigenvalue weighted by Gasteiger charge is 2.10. The fourth-order valence-corrected chi connectivity index (χ4v) is 2.94. The van der Waals surface area contributed by atoms with Gasteiger partial charge >= 0.3 is 0 Å². The van der Waals surface area contributed by atoms with E-state index in [4.69, 9.17) is 11.6 Å². The second-order valence-electron chi connectivity index (χ2n) is 4.25. The number of hydrogen-bond donors (Lipinski definition) is 1. The molecule has 0 unspecified atom stereocenters. The molecule has 0 saturated heterocycles. The normalized spacial score (nSPS) is 11.1. The maximum atomic E-state index is 5.91. The van der Waals surface area contributed by atoms with Crippen molar-refractivity contribution < 1.29 is 0 Å². The van der Waals surface area contributed by atoms with Crippen molar-refractivity contribution in [2.45, 2.75) is 23.8 Å². The summed E-state index contributed by atoms with van der Waals surface area (Å²) in [7, 11) is 0. The van der Waals surface area contributed by atoms with Crippen molar-refractivity contribution in [3.05, 3.63) is 40.9 Å². The van der Waals surface area contributed by atoms with Gasteiger partial charge in [-0.25, -0.2) is 9.97 Å². The van der Waals surface area contributed by atoms with Crippen LogP contribution in [0.2, 0.25) is 5.28 Å². The zero-order valence-electron chi connectivity index (χ0n) is 10.4. The third-order valence-electron chi connectivity index (χ3n) is 2.92. The van der Waals surface area contributed by atoms with E-state index in [0.717, 1.165) is 15.4 Å². The first-order valence-corrected chi connectivity index (χ1v) is 6.94. The smallest absolute Gasteiger partial charge is 0.225 e. The number of halogens is 1. The number of aryl methyl sites for hydroxylation is 2. The van der Waals surface area contributed by atoms with E-state index in [2.05, 4.69) is 52.0 Å². The summed E-state index contributed by atoms with van der Waals surface area (Å²) in [5.74, 6) is 0. The van der Waals surface area contributed by atoms with Gasteiger partial charge in [0, 0.05) is 4.90 Å². The molecule has 0 bridgehead atoms. The van der Waals surface area contributed by atoms with Crippen molar-refractivity contribution in [2.75, 3.05) is 0 Å². The molecule has 0 atom stereocenters. The standard InChI is InChI=1S/C13H11ClN4S/c1-7-3-4-9(5-8(7)2)19-12-10-11(16-6-15-10)17-13(14)18-12/h3-6H,1-2H3,(H,15,16,17,18). The van der Waals surface area contributed by atoms with E-state index >= 15 is 0 Å². The van der Waals surface area contributed by atoms with Gasteiger partial charge in [-0.05, 0) is 48.7 Å². The topological polar surface area (TPSA) is 54.5 Å². The van der Waals surface area contributed by atoms with E-state index in [1.54, 1.807) is 18.1 Å². The summed E-state index contributed by atoms with van der Waals surface area (Å²) in [5.41, 5.74) is 3.93. The van der Waals surface area contributed by atoms with Crippen LogP contribution in [-0.4, -0.2) is 19.9 Å². The molecule has 3 aromatic rings. The highest BCUT2D eigenvalue weighted by atomic mass is 35.5.